The Morgan fingerprint density at radius 3 is 2.30 bits per heavy atom. The summed E-state index contributed by atoms with van der Waals surface area (Å²) in [6, 6.07) is 10.4. The summed E-state index contributed by atoms with van der Waals surface area (Å²) in [4.78, 5) is 40.3. The molecule has 0 spiro atoms. The first-order chi connectivity index (χ1) is 14.3. The molecule has 0 radical (unpaired) electrons. The van der Waals surface area contributed by atoms with E-state index >= 15 is 0 Å². The Bertz CT molecular complexity index is 938. The van der Waals surface area contributed by atoms with E-state index in [9.17, 15) is 18.8 Å². The molecule has 1 saturated heterocycles. The number of urea groups is 1. The number of carbonyl (C=O) groups excluding carboxylic acids is 3. The Hall–Kier alpha value is -3.26. The fraction of sp³-hybridized carbons (Fsp3) is 0.318. The quantitative estimate of drug-likeness (QED) is 0.809. The normalized spacial score (nSPS) is 14.3. The average molecular weight is 412 g/mol. The Labute approximate surface area is 174 Å². The number of rotatable bonds is 4. The summed E-state index contributed by atoms with van der Waals surface area (Å²) >= 11 is 0. The molecule has 3 rings (SSSR count). The van der Waals surface area contributed by atoms with Crippen LogP contribution in [0.5, 0.6) is 0 Å². The molecule has 158 valence electrons. The predicted molar refractivity (Wildman–Crippen MR) is 112 cm³/mol. The third-order valence-electron chi connectivity index (χ3n) is 5.22. The van der Waals surface area contributed by atoms with Crippen LogP contribution in [0, 0.1) is 19.7 Å². The van der Waals surface area contributed by atoms with Gasteiger partial charge in [0.25, 0.3) is 5.91 Å². The van der Waals surface area contributed by atoms with Crippen LogP contribution in [0.2, 0.25) is 0 Å². The largest absolute Gasteiger partial charge is 0.336 e. The second-order valence-electron chi connectivity index (χ2n) is 7.33. The van der Waals surface area contributed by atoms with Gasteiger partial charge in [0.15, 0.2) is 0 Å². The van der Waals surface area contributed by atoms with Crippen molar-refractivity contribution in [2.75, 3.05) is 38.0 Å². The zero-order valence-corrected chi connectivity index (χ0v) is 17.1. The Balaban J connectivity index is 1.44. The molecule has 0 aromatic heterocycles. The van der Waals surface area contributed by atoms with E-state index in [0.717, 1.165) is 11.1 Å². The number of halogens is 1. The summed E-state index contributed by atoms with van der Waals surface area (Å²) < 4.78 is 13.0. The van der Waals surface area contributed by atoms with Crippen LogP contribution in [-0.4, -0.2) is 60.4 Å². The molecule has 1 fully saturated rings. The maximum absolute atomic E-state index is 13.0. The van der Waals surface area contributed by atoms with Crippen molar-refractivity contribution in [2.45, 2.75) is 13.8 Å². The molecule has 2 N–H and O–H groups in total. The molecule has 0 unspecified atom stereocenters. The number of hydrogen-bond acceptors (Lipinski definition) is 4. The highest BCUT2D eigenvalue weighted by molar-refractivity contribution is 6.02. The molecule has 2 aromatic rings. The zero-order chi connectivity index (χ0) is 21.7. The molecular weight excluding hydrogens is 387 g/mol. The number of piperazine rings is 1. The van der Waals surface area contributed by atoms with Gasteiger partial charge in [0.2, 0.25) is 5.91 Å². The first kappa shape index (κ1) is 21.4. The SMILES string of the molecule is Cc1cccc(NC(=O)NC(=O)CN2CCN(C(=O)c3ccc(F)cc3)CC2)c1C. The van der Waals surface area contributed by atoms with Crippen molar-refractivity contribution >= 4 is 23.5 Å². The number of amides is 4. The van der Waals surface area contributed by atoms with Gasteiger partial charge in [-0.05, 0) is 55.3 Å². The van der Waals surface area contributed by atoms with Crippen LogP contribution in [0.25, 0.3) is 0 Å². The monoisotopic (exact) mass is 412 g/mol. The molecule has 7 nitrogen and oxygen atoms in total. The molecule has 8 heteroatoms. The standard InChI is InChI=1S/C22H25FN4O3/c1-15-4-3-5-19(16(15)2)24-22(30)25-20(28)14-26-10-12-27(13-11-26)21(29)17-6-8-18(23)9-7-17/h3-9H,10-14H2,1-2H3,(H2,24,25,28,30). The summed E-state index contributed by atoms with van der Waals surface area (Å²) in [5.41, 5.74) is 3.09. The zero-order valence-electron chi connectivity index (χ0n) is 17.1. The summed E-state index contributed by atoms with van der Waals surface area (Å²) in [7, 11) is 0. The lowest BCUT2D eigenvalue weighted by molar-refractivity contribution is -0.121. The Morgan fingerprint density at radius 2 is 1.63 bits per heavy atom. The van der Waals surface area contributed by atoms with Crippen molar-refractivity contribution in [1.82, 2.24) is 15.1 Å². The third-order valence-corrected chi connectivity index (χ3v) is 5.22. The first-order valence-electron chi connectivity index (χ1n) is 9.78. The van der Waals surface area contributed by atoms with Crippen molar-refractivity contribution in [1.29, 1.82) is 0 Å². The maximum atomic E-state index is 13.0. The van der Waals surface area contributed by atoms with Crippen LogP contribution < -0.4 is 10.6 Å². The van der Waals surface area contributed by atoms with Crippen LogP contribution in [0.15, 0.2) is 42.5 Å². The maximum Gasteiger partial charge on any atom is 0.325 e. The van der Waals surface area contributed by atoms with Crippen molar-refractivity contribution in [2.24, 2.45) is 0 Å². The Kier molecular flexibility index (Phi) is 6.79. The third kappa shape index (κ3) is 5.42. The highest BCUT2D eigenvalue weighted by atomic mass is 19.1. The number of nitrogens with zero attached hydrogens (tertiary/aromatic N) is 2. The van der Waals surface area contributed by atoms with Gasteiger partial charge in [-0.3, -0.25) is 19.8 Å². The van der Waals surface area contributed by atoms with E-state index in [4.69, 9.17) is 0 Å². The lowest BCUT2D eigenvalue weighted by atomic mass is 10.1. The molecule has 0 aliphatic carbocycles. The number of hydrogen-bond donors (Lipinski definition) is 2. The second kappa shape index (κ2) is 9.49. The van der Waals surface area contributed by atoms with Gasteiger partial charge in [-0.25, -0.2) is 9.18 Å². The minimum absolute atomic E-state index is 0.0683. The molecule has 2 aromatic carbocycles. The fourth-order valence-corrected chi connectivity index (χ4v) is 3.29. The summed E-state index contributed by atoms with van der Waals surface area (Å²) in [5.74, 6) is -0.952. The van der Waals surface area contributed by atoms with E-state index in [-0.39, 0.29) is 18.3 Å². The highest BCUT2D eigenvalue weighted by Gasteiger charge is 2.23. The van der Waals surface area contributed by atoms with Crippen LogP contribution in [0.1, 0.15) is 21.5 Å². The number of benzene rings is 2. The van der Waals surface area contributed by atoms with Crippen LogP contribution in [-0.2, 0) is 4.79 Å². The second-order valence-corrected chi connectivity index (χ2v) is 7.33. The minimum atomic E-state index is -0.571. The Morgan fingerprint density at radius 1 is 0.967 bits per heavy atom. The number of imide groups is 1. The highest BCUT2D eigenvalue weighted by Crippen LogP contribution is 2.17. The predicted octanol–water partition coefficient (Wildman–Crippen LogP) is 2.55. The minimum Gasteiger partial charge on any atom is -0.336 e. The van der Waals surface area contributed by atoms with E-state index in [0.29, 0.717) is 37.4 Å². The molecule has 30 heavy (non-hydrogen) atoms. The van der Waals surface area contributed by atoms with Gasteiger partial charge in [-0.2, -0.15) is 0 Å². The summed E-state index contributed by atoms with van der Waals surface area (Å²) in [6.07, 6.45) is 0. The van der Waals surface area contributed by atoms with Gasteiger partial charge in [-0.1, -0.05) is 12.1 Å². The molecule has 0 bridgehead atoms. The fourth-order valence-electron chi connectivity index (χ4n) is 3.29. The molecule has 0 saturated carbocycles. The van der Waals surface area contributed by atoms with E-state index in [1.165, 1.54) is 24.3 Å². The van der Waals surface area contributed by atoms with Crippen LogP contribution in [0.4, 0.5) is 14.9 Å². The molecule has 1 aliphatic rings. The van der Waals surface area contributed by atoms with Gasteiger partial charge < -0.3 is 10.2 Å². The molecule has 1 heterocycles. The van der Waals surface area contributed by atoms with Gasteiger partial charge in [0.05, 0.1) is 6.54 Å². The van der Waals surface area contributed by atoms with Crippen LogP contribution >= 0.6 is 0 Å². The number of carbonyl (C=O) groups is 3. The van der Waals surface area contributed by atoms with E-state index in [1.807, 2.05) is 30.9 Å². The molecule has 0 atom stereocenters. The van der Waals surface area contributed by atoms with Crippen molar-refractivity contribution in [3.63, 3.8) is 0 Å². The topological polar surface area (TPSA) is 81.8 Å². The van der Waals surface area contributed by atoms with Crippen molar-refractivity contribution in [3.05, 3.63) is 65.0 Å². The van der Waals surface area contributed by atoms with E-state index in [2.05, 4.69) is 10.6 Å². The first-order valence-corrected chi connectivity index (χ1v) is 9.78. The number of anilines is 1. The molecule has 1 aliphatic heterocycles. The lowest BCUT2D eigenvalue weighted by Gasteiger charge is -2.34. The van der Waals surface area contributed by atoms with Crippen molar-refractivity contribution in [3.8, 4) is 0 Å². The van der Waals surface area contributed by atoms with Crippen LogP contribution in [0.3, 0.4) is 0 Å². The summed E-state index contributed by atoms with van der Waals surface area (Å²) in [6.45, 7) is 5.86. The van der Waals surface area contributed by atoms with Gasteiger partial charge in [0.1, 0.15) is 5.82 Å². The van der Waals surface area contributed by atoms with Gasteiger partial charge in [0, 0.05) is 37.4 Å². The molecular formula is C22H25FN4O3. The lowest BCUT2D eigenvalue weighted by Crippen LogP contribution is -2.51. The van der Waals surface area contributed by atoms with E-state index < -0.39 is 11.9 Å². The molecule has 4 amide bonds. The van der Waals surface area contributed by atoms with Crippen molar-refractivity contribution < 1.29 is 18.8 Å². The number of nitrogens with one attached hydrogen (secondary N) is 2. The summed E-state index contributed by atoms with van der Waals surface area (Å²) in [5, 5.41) is 5.04. The average Bonchev–Trinajstić information content (AvgIpc) is 2.72. The van der Waals surface area contributed by atoms with Gasteiger partial charge >= 0.3 is 6.03 Å². The van der Waals surface area contributed by atoms with Gasteiger partial charge in [-0.15, -0.1) is 0 Å². The van der Waals surface area contributed by atoms with E-state index in [1.54, 1.807) is 11.0 Å². The smallest absolute Gasteiger partial charge is 0.325 e. The number of aryl methyl sites for hydroxylation is 1.